The summed E-state index contributed by atoms with van der Waals surface area (Å²) in [6.07, 6.45) is 1.42. The van der Waals surface area contributed by atoms with Crippen molar-refractivity contribution in [2.45, 2.75) is 43.4 Å². The van der Waals surface area contributed by atoms with E-state index in [4.69, 9.17) is 23.7 Å². The van der Waals surface area contributed by atoms with Gasteiger partial charge in [-0.15, -0.1) is 5.92 Å². The molecule has 0 aliphatic heterocycles. The molecule has 0 radical (unpaired) electrons. The molecule has 0 spiro atoms. The van der Waals surface area contributed by atoms with Crippen LogP contribution in [0.4, 0.5) is 4.79 Å². The highest BCUT2D eigenvalue weighted by molar-refractivity contribution is 8.76. The molecule has 0 fully saturated rings. The van der Waals surface area contributed by atoms with E-state index >= 15 is 0 Å². The molecule has 0 aromatic heterocycles. The Morgan fingerprint density at radius 2 is 1.52 bits per heavy atom. The Labute approximate surface area is 247 Å². The Balaban J connectivity index is 2.02. The Morgan fingerprint density at radius 1 is 0.875 bits per heavy atom. The van der Waals surface area contributed by atoms with Crippen molar-refractivity contribution < 1.29 is 33.3 Å². The van der Waals surface area contributed by atoms with Crippen molar-refractivity contribution in [2.24, 2.45) is 0 Å². The van der Waals surface area contributed by atoms with Crippen LogP contribution in [0.3, 0.4) is 0 Å². The van der Waals surface area contributed by atoms with E-state index in [0.29, 0.717) is 72.4 Å². The summed E-state index contributed by atoms with van der Waals surface area (Å²) in [4.78, 5) is 24.7. The van der Waals surface area contributed by atoms with E-state index in [1.807, 2.05) is 38.2 Å². The highest BCUT2D eigenvalue weighted by Gasteiger charge is 2.07. The number of alkyl carbamates (subject to hydrolysis) is 1. The molecule has 0 saturated carbocycles. The summed E-state index contributed by atoms with van der Waals surface area (Å²) in [7, 11) is 5.15. The number of benzene rings is 1. The van der Waals surface area contributed by atoms with Crippen LogP contribution in [0.5, 0.6) is 0 Å². The van der Waals surface area contributed by atoms with Crippen LogP contribution >= 0.6 is 21.6 Å². The number of unbranched alkanes of at least 4 members (excludes halogenated alkanes) is 1. The zero-order chi connectivity index (χ0) is 29.1. The predicted molar refractivity (Wildman–Crippen MR) is 160 cm³/mol. The molecule has 0 saturated heterocycles. The monoisotopic (exact) mass is 599 g/mol. The van der Waals surface area contributed by atoms with Gasteiger partial charge in [0.15, 0.2) is 0 Å². The number of carbonyl (C=O) groups excluding carboxylic acids is 2. The van der Waals surface area contributed by atoms with Crippen LogP contribution in [-0.4, -0.2) is 97.0 Å². The van der Waals surface area contributed by atoms with Crippen molar-refractivity contribution in [1.82, 2.24) is 16.0 Å². The van der Waals surface area contributed by atoms with Crippen molar-refractivity contribution in [1.29, 1.82) is 0 Å². The molecule has 1 aromatic rings. The predicted octanol–water partition coefficient (Wildman–Crippen LogP) is 3.25. The van der Waals surface area contributed by atoms with Gasteiger partial charge >= 0.3 is 6.09 Å². The summed E-state index contributed by atoms with van der Waals surface area (Å²) in [5, 5.41) is 8.44. The van der Waals surface area contributed by atoms with Crippen molar-refractivity contribution in [2.75, 3.05) is 79.5 Å². The minimum Gasteiger partial charge on any atom is -0.450 e. The van der Waals surface area contributed by atoms with E-state index in [0.717, 1.165) is 29.8 Å². The smallest absolute Gasteiger partial charge is 0.407 e. The van der Waals surface area contributed by atoms with E-state index in [1.165, 1.54) is 0 Å². The molecule has 1 rings (SSSR count). The van der Waals surface area contributed by atoms with E-state index in [9.17, 15) is 9.59 Å². The average Bonchev–Trinajstić information content (AvgIpc) is 2.95. The van der Waals surface area contributed by atoms with Crippen LogP contribution in [0.2, 0.25) is 0 Å². The first-order valence-corrected chi connectivity index (χ1v) is 15.7. The molecule has 0 aliphatic rings. The first-order valence-electron chi connectivity index (χ1n) is 13.5. The van der Waals surface area contributed by atoms with Crippen LogP contribution in [-0.2, 0) is 34.9 Å². The van der Waals surface area contributed by atoms with Gasteiger partial charge in [0.05, 0.1) is 59.2 Å². The number of ether oxygens (including phenoxy) is 5. The average molecular weight is 600 g/mol. The fraction of sp³-hybridized carbons (Fsp3) is 0.643. The molecule has 12 heteroatoms. The lowest BCUT2D eigenvalue weighted by molar-refractivity contribution is -0.120. The maximum atomic E-state index is 12.2. The van der Waals surface area contributed by atoms with Gasteiger partial charge in [-0.1, -0.05) is 39.6 Å². The molecular formula is C28H45N3O7S2. The Bertz CT molecular complexity index is 851. The number of amides is 2. The van der Waals surface area contributed by atoms with Gasteiger partial charge in [-0.2, -0.15) is 0 Å². The summed E-state index contributed by atoms with van der Waals surface area (Å²) >= 11 is 0. The van der Waals surface area contributed by atoms with E-state index < -0.39 is 6.09 Å². The number of likely N-dealkylation sites (N-methyl/N-ethyl adjacent to an activating group) is 1. The molecule has 40 heavy (non-hydrogen) atoms. The first kappa shape index (κ1) is 36.0. The van der Waals surface area contributed by atoms with Crippen molar-refractivity contribution in [3.63, 3.8) is 0 Å². The van der Waals surface area contributed by atoms with Gasteiger partial charge in [0.2, 0.25) is 5.91 Å². The highest BCUT2D eigenvalue weighted by Crippen LogP contribution is 2.34. The number of carbonyl (C=O) groups is 2. The fourth-order valence-electron chi connectivity index (χ4n) is 2.91. The zero-order valence-electron chi connectivity index (χ0n) is 24.0. The second kappa shape index (κ2) is 26.0. The minimum atomic E-state index is -0.448. The van der Waals surface area contributed by atoms with Crippen LogP contribution in [0.1, 0.15) is 32.3 Å². The van der Waals surface area contributed by atoms with Crippen molar-refractivity contribution in [3.05, 3.63) is 29.8 Å². The third-order valence-corrected chi connectivity index (χ3v) is 7.65. The van der Waals surface area contributed by atoms with E-state index in [-0.39, 0.29) is 11.3 Å². The summed E-state index contributed by atoms with van der Waals surface area (Å²) in [6.45, 7) is 9.49. The summed E-state index contributed by atoms with van der Waals surface area (Å²) in [5.41, 5.74) is 0.972. The van der Waals surface area contributed by atoms with Crippen LogP contribution in [0.25, 0.3) is 0 Å². The highest BCUT2D eigenvalue weighted by atomic mass is 33.1. The molecule has 226 valence electrons. The standard InChI is InChI=1S/C28H45N3O7S2/c1-4-5-12-31-28(33)38-16-7-6-15-37-24(2)39-40-26-10-8-25(9-11-26)23-27(32)30-14-18-35-20-22-36-21-19-34-17-13-29-3/h8-11,24,29H,6-7,12-23H2,1-3H3,(H,30,32)(H,31,33). The molecule has 1 unspecified atom stereocenters. The van der Waals surface area contributed by atoms with E-state index in [2.05, 4.69) is 27.8 Å². The number of hydrogen-bond donors (Lipinski definition) is 3. The van der Waals surface area contributed by atoms with Crippen LogP contribution in [0.15, 0.2) is 29.2 Å². The topological polar surface area (TPSA) is 116 Å². The molecule has 1 aromatic carbocycles. The number of nitrogens with one attached hydrogen (secondary N) is 3. The molecule has 0 heterocycles. The summed E-state index contributed by atoms with van der Waals surface area (Å²) in [6, 6.07) is 7.96. The third kappa shape index (κ3) is 21.8. The fourth-order valence-corrected chi connectivity index (χ4v) is 4.80. The van der Waals surface area contributed by atoms with Crippen LogP contribution < -0.4 is 16.0 Å². The van der Waals surface area contributed by atoms with Crippen molar-refractivity contribution >= 4 is 33.6 Å². The SMILES string of the molecule is CC#CCNC(=O)OCCCCOC(C)SSc1ccc(CC(=O)NCCOCCOCCOCCNC)cc1. The Kier molecular flexibility index (Phi) is 23.4. The third-order valence-electron chi connectivity index (χ3n) is 5.00. The van der Waals surface area contributed by atoms with Gasteiger partial charge in [0.25, 0.3) is 0 Å². The lowest BCUT2D eigenvalue weighted by Gasteiger charge is -2.12. The summed E-state index contributed by atoms with van der Waals surface area (Å²) in [5.74, 6) is 5.41. The minimum absolute atomic E-state index is 0.0170. The van der Waals surface area contributed by atoms with Gasteiger partial charge in [-0.3, -0.25) is 4.79 Å². The molecular weight excluding hydrogens is 554 g/mol. The van der Waals surface area contributed by atoms with Crippen LogP contribution in [0, 0.1) is 11.8 Å². The molecule has 2 amide bonds. The molecule has 1 atom stereocenters. The normalized spacial score (nSPS) is 11.4. The van der Waals surface area contributed by atoms with Gasteiger partial charge in [0.1, 0.15) is 5.44 Å². The number of rotatable bonds is 24. The second-order valence-electron chi connectivity index (χ2n) is 8.35. The molecule has 0 aliphatic carbocycles. The zero-order valence-corrected chi connectivity index (χ0v) is 25.6. The maximum Gasteiger partial charge on any atom is 0.407 e. The van der Waals surface area contributed by atoms with Crippen molar-refractivity contribution in [3.8, 4) is 11.8 Å². The van der Waals surface area contributed by atoms with Gasteiger partial charge in [-0.05, 0) is 51.4 Å². The summed E-state index contributed by atoms with van der Waals surface area (Å²) < 4.78 is 27.1. The Hall–Kier alpha value is -1.98. The van der Waals surface area contributed by atoms with Gasteiger partial charge in [-0.25, -0.2) is 4.79 Å². The van der Waals surface area contributed by atoms with Gasteiger partial charge < -0.3 is 39.6 Å². The maximum absolute atomic E-state index is 12.2. The molecule has 10 nitrogen and oxygen atoms in total. The molecule has 0 bridgehead atoms. The quantitative estimate of drug-likeness (QED) is 0.0708. The lowest BCUT2D eigenvalue weighted by atomic mass is 10.1. The second-order valence-corrected chi connectivity index (χ2v) is 10.9. The van der Waals surface area contributed by atoms with E-state index in [1.54, 1.807) is 28.5 Å². The largest absolute Gasteiger partial charge is 0.450 e. The number of hydrogen-bond acceptors (Lipinski definition) is 10. The lowest BCUT2D eigenvalue weighted by Crippen LogP contribution is -2.29. The Morgan fingerprint density at radius 3 is 2.20 bits per heavy atom. The first-order chi connectivity index (χ1) is 19.5. The van der Waals surface area contributed by atoms with Gasteiger partial charge in [0, 0.05) is 24.6 Å². The molecule has 3 N–H and O–H groups in total.